The highest BCUT2D eigenvalue weighted by Gasteiger charge is 2.72. The fourth-order valence-electron chi connectivity index (χ4n) is 6.14. The second-order valence-electron chi connectivity index (χ2n) is 9.49. The number of rotatable bonds is 7. The van der Waals surface area contributed by atoms with Gasteiger partial charge in [-0.2, -0.15) is 0 Å². The molecule has 0 radical (unpaired) electrons. The van der Waals surface area contributed by atoms with Gasteiger partial charge < -0.3 is 5.32 Å². The number of likely N-dealkylation sites (tertiary alicyclic amines) is 1. The SMILES string of the molecule is O=C(CCCCCN1C(=O)[C@@H]2[C@@H](C1=O)C1(Cl)c3ccccc3C2(Cl)c2ccccc21)Nc1nccs1. The molecule has 0 spiro atoms. The van der Waals surface area contributed by atoms with Crippen LogP contribution in [0, 0.1) is 11.8 Å². The van der Waals surface area contributed by atoms with Gasteiger partial charge in [-0.25, -0.2) is 4.98 Å². The maximum absolute atomic E-state index is 13.7. The predicted octanol–water partition coefficient (Wildman–Crippen LogP) is 5.24. The van der Waals surface area contributed by atoms with Crippen LogP contribution in [0.4, 0.5) is 5.13 Å². The summed E-state index contributed by atoms with van der Waals surface area (Å²) in [6, 6.07) is 15.3. The van der Waals surface area contributed by atoms with Gasteiger partial charge in [0, 0.05) is 24.5 Å². The number of alkyl halides is 2. The molecule has 2 atom stereocenters. The molecule has 2 aromatic carbocycles. The van der Waals surface area contributed by atoms with Crippen molar-refractivity contribution >= 4 is 57.4 Å². The number of carbonyl (C=O) groups excluding carboxylic acids is 3. The number of hydrogen-bond acceptors (Lipinski definition) is 5. The predicted molar refractivity (Wildman–Crippen MR) is 139 cm³/mol. The molecule has 36 heavy (non-hydrogen) atoms. The third-order valence-electron chi connectivity index (χ3n) is 7.64. The molecule has 1 aromatic heterocycles. The van der Waals surface area contributed by atoms with Crippen LogP contribution < -0.4 is 5.32 Å². The van der Waals surface area contributed by atoms with E-state index in [4.69, 9.17) is 23.2 Å². The highest BCUT2D eigenvalue weighted by molar-refractivity contribution is 7.13. The van der Waals surface area contributed by atoms with Crippen LogP contribution in [0.3, 0.4) is 0 Å². The number of benzene rings is 2. The van der Waals surface area contributed by atoms with Crippen molar-refractivity contribution in [2.75, 3.05) is 11.9 Å². The Hall–Kier alpha value is -2.74. The van der Waals surface area contributed by atoms with Gasteiger partial charge in [-0.15, -0.1) is 34.5 Å². The minimum atomic E-state index is -1.15. The number of anilines is 1. The molecule has 4 aliphatic rings. The Balaban J connectivity index is 1.21. The monoisotopic (exact) mass is 539 g/mol. The fourth-order valence-corrected chi connectivity index (χ4v) is 7.79. The molecule has 9 heteroatoms. The average molecular weight is 540 g/mol. The van der Waals surface area contributed by atoms with Gasteiger partial charge in [0.2, 0.25) is 17.7 Å². The number of halogens is 2. The van der Waals surface area contributed by atoms with Crippen LogP contribution in [0.15, 0.2) is 60.1 Å². The summed E-state index contributed by atoms with van der Waals surface area (Å²) in [4.78, 5) is 42.7. The number of unbranched alkanes of at least 4 members (excludes halogenated alkanes) is 2. The largest absolute Gasteiger partial charge is 0.302 e. The maximum atomic E-state index is 13.7. The van der Waals surface area contributed by atoms with E-state index in [1.165, 1.54) is 16.2 Å². The van der Waals surface area contributed by atoms with Crippen molar-refractivity contribution in [3.8, 4) is 0 Å². The van der Waals surface area contributed by atoms with Crippen LogP contribution in [0.5, 0.6) is 0 Å². The minimum absolute atomic E-state index is 0.0930. The zero-order chi connectivity index (χ0) is 25.1. The Morgan fingerprint density at radius 1 is 0.889 bits per heavy atom. The molecule has 0 saturated carbocycles. The zero-order valence-corrected chi connectivity index (χ0v) is 21.6. The van der Waals surface area contributed by atoms with Crippen LogP contribution in [0.25, 0.3) is 0 Å². The summed E-state index contributed by atoms with van der Waals surface area (Å²) in [6.45, 7) is 0.283. The van der Waals surface area contributed by atoms with Gasteiger partial charge in [-0.05, 0) is 35.1 Å². The maximum Gasteiger partial charge on any atom is 0.235 e. The molecule has 1 saturated heterocycles. The normalized spacial score (nSPS) is 27.6. The lowest BCUT2D eigenvalue weighted by atomic mass is 9.54. The topological polar surface area (TPSA) is 79.4 Å². The average Bonchev–Trinajstić information content (AvgIpc) is 3.48. The van der Waals surface area contributed by atoms with Gasteiger partial charge in [-0.3, -0.25) is 19.3 Å². The number of amides is 3. The van der Waals surface area contributed by atoms with Gasteiger partial charge in [0.15, 0.2) is 5.13 Å². The standard InChI is InChI=1S/C27H23Cl2N3O3S/c28-26-16-8-3-4-9-17(16)27(29,19-11-6-5-10-18(19)26)22-21(26)23(34)32(24(22)35)14-7-1-2-12-20(33)31-25-30-13-15-36-25/h3-6,8-11,13,15,21-22H,1-2,7,12,14H2,(H,30,31,33)/t21-,22-,26?,27?/m0/s1. The molecule has 0 unspecified atom stereocenters. The Kier molecular flexibility index (Phi) is 5.70. The van der Waals surface area contributed by atoms with E-state index >= 15 is 0 Å². The third kappa shape index (κ3) is 3.22. The first kappa shape index (κ1) is 23.6. The highest BCUT2D eigenvalue weighted by atomic mass is 35.5. The number of thiazole rings is 1. The first-order valence-corrected chi connectivity index (χ1v) is 13.6. The minimum Gasteiger partial charge on any atom is -0.302 e. The zero-order valence-electron chi connectivity index (χ0n) is 19.2. The molecule has 1 fully saturated rings. The molecule has 6 nitrogen and oxygen atoms in total. The lowest BCUT2D eigenvalue weighted by Crippen LogP contribution is -2.57. The molecule has 3 amide bonds. The lowest BCUT2D eigenvalue weighted by molar-refractivity contribution is -0.140. The van der Waals surface area contributed by atoms with Gasteiger partial charge in [0.1, 0.15) is 9.75 Å². The van der Waals surface area contributed by atoms with Crippen molar-refractivity contribution in [2.45, 2.75) is 35.4 Å². The van der Waals surface area contributed by atoms with Crippen LogP contribution in [0.2, 0.25) is 0 Å². The van der Waals surface area contributed by atoms with Gasteiger partial charge >= 0.3 is 0 Å². The van der Waals surface area contributed by atoms with Crippen LogP contribution in [-0.2, 0) is 24.1 Å². The van der Waals surface area contributed by atoms with E-state index in [-0.39, 0.29) is 24.3 Å². The summed E-state index contributed by atoms with van der Waals surface area (Å²) >= 11 is 16.2. The van der Waals surface area contributed by atoms with E-state index < -0.39 is 21.6 Å². The van der Waals surface area contributed by atoms with Gasteiger partial charge in [-0.1, -0.05) is 55.0 Å². The number of nitrogens with zero attached hydrogens (tertiary/aromatic N) is 2. The van der Waals surface area contributed by atoms with Crippen molar-refractivity contribution in [1.29, 1.82) is 0 Å². The van der Waals surface area contributed by atoms with Crippen molar-refractivity contribution in [3.05, 3.63) is 82.4 Å². The van der Waals surface area contributed by atoms with Gasteiger partial charge in [0.05, 0.1) is 11.8 Å². The van der Waals surface area contributed by atoms with Crippen molar-refractivity contribution in [2.24, 2.45) is 11.8 Å². The van der Waals surface area contributed by atoms with Crippen molar-refractivity contribution in [3.63, 3.8) is 0 Å². The number of carbonyl (C=O) groups is 3. The summed E-state index contributed by atoms with van der Waals surface area (Å²) in [5, 5.41) is 5.15. The molecule has 1 N–H and O–H groups in total. The Morgan fingerprint density at radius 3 is 1.89 bits per heavy atom. The summed E-state index contributed by atoms with van der Waals surface area (Å²) in [5.41, 5.74) is 3.21. The number of aromatic nitrogens is 1. The molecule has 184 valence electrons. The Morgan fingerprint density at radius 2 is 1.42 bits per heavy atom. The van der Waals surface area contributed by atoms with Crippen LogP contribution in [0.1, 0.15) is 47.9 Å². The Labute approximate surface area is 222 Å². The Bertz CT molecular complexity index is 1250. The molecule has 2 heterocycles. The lowest BCUT2D eigenvalue weighted by Gasteiger charge is -2.54. The highest BCUT2D eigenvalue weighted by Crippen LogP contribution is 2.69. The summed E-state index contributed by atoms with van der Waals surface area (Å²) in [5.74, 6) is -2.16. The molecule has 3 aliphatic carbocycles. The smallest absolute Gasteiger partial charge is 0.235 e. The van der Waals surface area contributed by atoms with E-state index in [9.17, 15) is 14.4 Å². The van der Waals surface area contributed by atoms with Crippen molar-refractivity contribution < 1.29 is 14.4 Å². The first-order valence-electron chi connectivity index (χ1n) is 12.0. The quantitative estimate of drug-likeness (QED) is 0.253. The first-order chi connectivity index (χ1) is 17.4. The number of imide groups is 1. The van der Waals surface area contributed by atoms with Gasteiger partial charge in [0.25, 0.3) is 0 Å². The molecule has 7 rings (SSSR count). The summed E-state index contributed by atoms with van der Waals surface area (Å²) < 4.78 is 0. The van der Waals surface area contributed by atoms with E-state index in [1.54, 1.807) is 11.6 Å². The second kappa shape index (κ2) is 8.68. The number of hydrogen-bond donors (Lipinski definition) is 1. The molecule has 2 bridgehead atoms. The molecule has 3 aromatic rings. The molecular weight excluding hydrogens is 517 g/mol. The third-order valence-corrected chi connectivity index (χ3v) is 9.61. The van der Waals surface area contributed by atoms with Crippen molar-refractivity contribution in [1.82, 2.24) is 9.88 Å². The second-order valence-corrected chi connectivity index (χ2v) is 11.6. The van der Waals surface area contributed by atoms with E-state index in [0.717, 1.165) is 22.3 Å². The van der Waals surface area contributed by atoms with E-state index in [0.29, 0.717) is 30.8 Å². The molecule has 1 aliphatic heterocycles. The number of nitrogens with one attached hydrogen (secondary N) is 1. The molecular formula is C27H23Cl2N3O3S. The van der Waals surface area contributed by atoms with E-state index in [1.807, 2.05) is 48.5 Å². The summed E-state index contributed by atoms with van der Waals surface area (Å²) in [6.07, 6.45) is 3.95. The van der Waals surface area contributed by atoms with Crippen LogP contribution in [-0.4, -0.2) is 34.2 Å². The fraction of sp³-hybridized carbons (Fsp3) is 0.333. The summed E-state index contributed by atoms with van der Waals surface area (Å²) in [7, 11) is 0. The van der Waals surface area contributed by atoms with Crippen LogP contribution >= 0.6 is 34.5 Å². The van der Waals surface area contributed by atoms with E-state index in [2.05, 4.69) is 10.3 Å².